The second-order valence-corrected chi connectivity index (χ2v) is 5.19. The van der Waals surface area contributed by atoms with Gasteiger partial charge in [-0.1, -0.05) is 6.07 Å². The van der Waals surface area contributed by atoms with Crippen molar-refractivity contribution in [3.63, 3.8) is 0 Å². The van der Waals surface area contributed by atoms with E-state index in [-0.39, 0.29) is 12.6 Å². The molecule has 1 unspecified atom stereocenters. The predicted octanol–water partition coefficient (Wildman–Crippen LogP) is 1.14. The molecular weight excluding hydrogens is 268 g/mol. The van der Waals surface area contributed by atoms with Crippen LogP contribution in [0, 0.1) is 11.3 Å². The molecule has 21 heavy (non-hydrogen) atoms. The second kappa shape index (κ2) is 7.62. The molecule has 6 nitrogen and oxygen atoms in total. The van der Waals surface area contributed by atoms with E-state index in [0.29, 0.717) is 17.8 Å². The molecule has 6 heteroatoms. The van der Waals surface area contributed by atoms with Gasteiger partial charge in [0.2, 0.25) is 0 Å². The molecule has 1 aliphatic rings. The van der Waals surface area contributed by atoms with Crippen molar-refractivity contribution in [3.8, 4) is 6.07 Å². The summed E-state index contributed by atoms with van der Waals surface area (Å²) in [6.07, 6.45) is 1.78. The largest absolute Gasteiger partial charge is 0.390 e. The molecule has 1 aliphatic heterocycles. The lowest BCUT2D eigenvalue weighted by atomic mass is 10.2. The normalized spacial score (nSPS) is 16.2. The van der Waals surface area contributed by atoms with Crippen LogP contribution in [-0.4, -0.2) is 48.3 Å². The molecule has 112 valence electrons. The van der Waals surface area contributed by atoms with Crippen LogP contribution >= 0.6 is 0 Å². The number of nitrogens with one attached hydrogen (secondary N) is 2. The fourth-order valence-electron chi connectivity index (χ4n) is 2.38. The fraction of sp³-hybridized carbons (Fsp3) is 0.467. The number of β-amino-alcohol motifs (C(OH)–C–C–N with tert-alkyl or cyclic N) is 1. The number of hydrogen-bond donors (Lipinski definition) is 3. The third kappa shape index (κ3) is 5.06. The van der Waals surface area contributed by atoms with Gasteiger partial charge < -0.3 is 20.6 Å². The molecule has 1 fully saturated rings. The third-order valence-electron chi connectivity index (χ3n) is 3.42. The smallest absolute Gasteiger partial charge is 0.319 e. The van der Waals surface area contributed by atoms with Crippen LogP contribution in [0.5, 0.6) is 0 Å². The van der Waals surface area contributed by atoms with Gasteiger partial charge in [0.1, 0.15) is 0 Å². The summed E-state index contributed by atoms with van der Waals surface area (Å²) >= 11 is 0. The summed E-state index contributed by atoms with van der Waals surface area (Å²) in [4.78, 5) is 13.9. The Hall–Kier alpha value is -2.10. The summed E-state index contributed by atoms with van der Waals surface area (Å²) in [6, 6.07) is 8.31. The summed E-state index contributed by atoms with van der Waals surface area (Å²) in [6.45, 7) is 2.83. The number of amides is 2. The highest BCUT2D eigenvalue weighted by Gasteiger charge is 2.16. The summed E-state index contributed by atoms with van der Waals surface area (Å²) in [5.74, 6) is 0. The van der Waals surface area contributed by atoms with Gasteiger partial charge in [0.15, 0.2) is 0 Å². The van der Waals surface area contributed by atoms with Crippen LogP contribution < -0.4 is 10.6 Å². The first kappa shape index (κ1) is 15.3. The maximum absolute atomic E-state index is 11.7. The van der Waals surface area contributed by atoms with Crippen LogP contribution in [0.2, 0.25) is 0 Å². The molecule has 1 saturated heterocycles. The van der Waals surface area contributed by atoms with Crippen molar-refractivity contribution in [2.24, 2.45) is 0 Å². The Morgan fingerprint density at radius 3 is 2.90 bits per heavy atom. The number of rotatable bonds is 5. The molecule has 0 aliphatic carbocycles. The van der Waals surface area contributed by atoms with Gasteiger partial charge in [-0.15, -0.1) is 0 Å². The third-order valence-corrected chi connectivity index (χ3v) is 3.42. The SMILES string of the molecule is N#Cc1cccc(NC(=O)NCC(O)CN2CCCC2)c1. The van der Waals surface area contributed by atoms with E-state index in [4.69, 9.17) is 5.26 Å². The summed E-state index contributed by atoms with van der Waals surface area (Å²) in [5.41, 5.74) is 1.04. The van der Waals surface area contributed by atoms with Gasteiger partial charge in [-0.2, -0.15) is 5.26 Å². The van der Waals surface area contributed by atoms with Crippen molar-refractivity contribution < 1.29 is 9.90 Å². The molecule has 0 saturated carbocycles. The number of carbonyl (C=O) groups excluding carboxylic acids is 1. The number of anilines is 1. The quantitative estimate of drug-likeness (QED) is 0.758. The van der Waals surface area contributed by atoms with Crippen molar-refractivity contribution in [2.45, 2.75) is 18.9 Å². The maximum Gasteiger partial charge on any atom is 0.319 e. The van der Waals surface area contributed by atoms with Gasteiger partial charge in [0, 0.05) is 18.8 Å². The van der Waals surface area contributed by atoms with E-state index in [9.17, 15) is 9.90 Å². The highest BCUT2D eigenvalue weighted by molar-refractivity contribution is 5.89. The van der Waals surface area contributed by atoms with Crippen LogP contribution in [0.3, 0.4) is 0 Å². The molecule has 2 rings (SSSR count). The lowest BCUT2D eigenvalue weighted by Gasteiger charge is -2.19. The highest BCUT2D eigenvalue weighted by Crippen LogP contribution is 2.09. The van der Waals surface area contributed by atoms with Crippen molar-refractivity contribution in [3.05, 3.63) is 29.8 Å². The van der Waals surface area contributed by atoms with Gasteiger partial charge in [0.25, 0.3) is 0 Å². The number of nitrogens with zero attached hydrogens (tertiary/aromatic N) is 2. The summed E-state index contributed by atoms with van der Waals surface area (Å²) in [7, 11) is 0. The number of nitriles is 1. The van der Waals surface area contributed by atoms with Crippen LogP contribution in [0.4, 0.5) is 10.5 Å². The van der Waals surface area contributed by atoms with Crippen molar-refractivity contribution in [1.82, 2.24) is 10.2 Å². The van der Waals surface area contributed by atoms with E-state index in [1.165, 1.54) is 12.8 Å². The summed E-state index contributed by atoms with van der Waals surface area (Å²) < 4.78 is 0. The Balaban J connectivity index is 1.72. The number of benzene rings is 1. The van der Waals surface area contributed by atoms with Gasteiger partial charge in [-0.05, 0) is 44.1 Å². The molecule has 0 aromatic heterocycles. The number of urea groups is 1. The van der Waals surface area contributed by atoms with Gasteiger partial charge in [-0.25, -0.2) is 4.79 Å². The fourth-order valence-corrected chi connectivity index (χ4v) is 2.38. The van der Waals surface area contributed by atoms with E-state index in [2.05, 4.69) is 15.5 Å². The van der Waals surface area contributed by atoms with E-state index in [0.717, 1.165) is 13.1 Å². The maximum atomic E-state index is 11.7. The Bertz CT molecular complexity index is 521. The molecule has 1 aromatic rings. The first-order valence-corrected chi connectivity index (χ1v) is 7.13. The summed E-state index contributed by atoms with van der Waals surface area (Å²) in [5, 5.41) is 23.9. The minimum atomic E-state index is -0.570. The number of hydrogen-bond acceptors (Lipinski definition) is 4. The molecular formula is C15H20N4O2. The van der Waals surface area contributed by atoms with E-state index in [1.54, 1.807) is 24.3 Å². The number of aliphatic hydroxyl groups excluding tert-OH is 1. The zero-order valence-electron chi connectivity index (χ0n) is 11.9. The van der Waals surface area contributed by atoms with Crippen LogP contribution in [0.1, 0.15) is 18.4 Å². The molecule has 0 radical (unpaired) electrons. The molecule has 3 N–H and O–H groups in total. The average molecular weight is 288 g/mol. The Labute approximate surface area is 124 Å². The minimum Gasteiger partial charge on any atom is -0.390 e. The molecule has 2 amide bonds. The van der Waals surface area contributed by atoms with Gasteiger partial charge in [-0.3, -0.25) is 0 Å². The Kier molecular flexibility index (Phi) is 5.55. The van der Waals surface area contributed by atoms with Crippen molar-refractivity contribution >= 4 is 11.7 Å². The molecule has 0 spiro atoms. The molecule has 1 heterocycles. The molecule has 1 aromatic carbocycles. The first-order chi connectivity index (χ1) is 10.2. The Morgan fingerprint density at radius 2 is 2.19 bits per heavy atom. The number of likely N-dealkylation sites (tertiary alicyclic amines) is 1. The van der Waals surface area contributed by atoms with Crippen LogP contribution in [0.25, 0.3) is 0 Å². The van der Waals surface area contributed by atoms with Crippen molar-refractivity contribution in [2.75, 3.05) is 31.5 Å². The zero-order chi connectivity index (χ0) is 15.1. The topological polar surface area (TPSA) is 88.4 Å². The van der Waals surface area contributed by atoms with Crippen LogP contribution in [-0.2, 0) is 0 Å². The Morgan fingerprint density at radius 1 is 1.43 bits per heavy atom. The van der Waals surface area contributed by atoms with E-state index >= 15 is 0 Å². The van der Waals surface area contributed by atoms with E-state index < -0.39 is 6.10 Å². The molecule has 0 bridgehead atoms. The average Bonchev–Trinajstić information content (AvgIpc) is 2.98. The lowest BCUT2D eigenvalue weighted by molar-refractivity contribution is 0.125. The standard InChI is InChI=1S/C15H20N4O2/c16-9-12-4-3-5-13(8-12)18-15(21)17-10-14(20)11-19-6-1-2-7-19/h3-5,8,14,20H,1-2,6-7,10-11H2,(H2,17,18,21). The minimum absolute atomic E-state index is 0.209. The second-order valence-electron chi connectivity index (χ2n) is 5.19. The lowest BCUT2D eigenvalue weighted by Crippen LogP contribution is -2.40. The highest BCUT2D eigenvalue weighted by atomic mass is 16.3. The van der Waals surface area contributed by atoms with E-state index in [1.807, 2.05) is 6.07 Å². The number of aliphatic hydroxyl groups is 1. The first-order valence-electron chi connectivity index (χ1n) is 7.13. The van der Waals surface area contributed by atoms with Crippen molar-refractivity contribution in [1.29, 1.82) is 5.26 Å². The molecule has 1 atom stereocenters. The van der Waals surface area contributed by atoms with Gasteiger partial charge in [0.05, 0.1) is 17.7 Å². The van der Waals surface area contributed by atoms with Crippen LogP contribution in [0.15, 0.2) is 24.3 Å². The monoisotopic (exact) mass is 288 g/mol. The predicted molar refractivity (Wildman–Crippen MR) is 79.9 cm³/mol. The van der Waals surface area contributed by atoms with Gasteiger partial charge >= 0.3 is 6.03 Å². The number of carbonyl (C=O) groups is 1. The zero-order valence-corrected chi connectivity index (χ0v) is 11.9.